The fourth-order valence-electron chi connectivity index (χ4n) is 2.73. The van der Waals surface area contributed by atoms with Crippen LogP contribution >= 0.6 is 11.6 Å². The molecule has 0 aliphatic rings. The fraction of sp³-hybridized carbons (Fsp3) is 0.200. The van der Waals surface area contributed by atoms with Crippen molar-refractivity contribution in [2.24, 2.45) is 5.10 Å². The highest BCUT2D eigenvalue weighted by molar-refractivity contribution is 6.30. The minimum absolute atomic E-state index is 0.158. The third-order valence-electron chi connectivity index (χ3n) is 4.37. The van der Waals surface area contributed by atoms with E-state index in [0.29, 0.717) is 35.5 Å². The van der Waals surface area contributed by atoms with Crippen molar-refractivity contribution >= 4 is 23.7 Å². The first kappa shape index (κ1) is 23.2. The summed E-state index contributed by atoms with van der Waals surface area (Å²) in [6, 6.07) is 20.4. The lowest BCUT2D eigenvalue weighted by Gasteiger charge is -2.13. The van der Waals surface area contributed by atoms with E-state index in [1.807, 2.05) is 44.2 Å². The van der Waals surface area contributed by atoms with E-state index in [0.717, 1.165) is 11.1 Å². The molecule has 0 saturated carbocycles. The number of hydrogen-bond donors (Lipinski definition) is 1. The smallest absolute Gasteiger partial charge is 0.277 e. The van der Waals surface area contributed by atoms with Crippen LogP contribution in [-0.4, -0.2) is 25.3 Å². The van der Waals surface area contributed by atoms with Gasteiger partial charge in [0, 0.05) is 5.02 Å². The van der Waals surface area contributed by atoms with Crippen LogP contribution < -0.4 is 19.6 Å². The third-order valence-corrected chi connectivity index (χ3v) is 4.62. The van der Waals surface area contributed by atoms with E-state index >= 15 is 0 Å². The van der Waals surface area contributed by atoms with Gasteiger partial charge in [0.1, 0.15) is 12.4 Å². The number of amides is 1. The molecule has 0 aromatic heterocycles. The number of hydrogen-bond acceptors (Lipinski definition) is 5. The predicted molar refractivity (Wildman–Crippen MR) is 126 cm³/mol. The highest BCUT2D eigenvalue weighted by Crippen LogP contribution is 2.29. The molecule has 0 aliphatic heterocycles. The molecule has 32 heavy (non-hydrogen) atoms. The van der Waals surface area contributed by atoms with Crippen LogP contribution in [0.25, 0.3) is 0 Å². The van der Waals surface area contributed by atoms with Gasteiger partial charge in [-0.05, 0) is 67.4 Å². The van der Waals surface area contributed by atoms with Gasteiger partial charge in [0.25, 0.3) is 5.91 Å². The monoisotopic (exact) mass is 452 g/mol. The summed E-state index contributed by atoms with van der Waals surface area (Å²) in [6.45, 7) is 4.74. The molecule has 0 heterocycles. The second kappa shape index (κ2) is 11.8. The van der Waals surface area contributed by atoms with Crippen molar-refractivity contribution < 1.29 is 19.0 Å². The van der Waals surface area contributed by atoms with Crippen LogP contribution in [0.15, 0.2) is 71.8 Å². The Balaban J connectivity index is 1.54. The molecular formula is C25H25ClN2O4. The van der Waals surface area contributed by atoms with Crippen molar-refractivity contribution in [3.63, 3.8) is 0 Å². The van der Waals surface area contributed by atoms with Gasteiger partial charge in [0.05, 0.1) is 12.8 Å². The number of hydrazone groups is 1. The van der Waals surface area contributed by atoms with E-state index < -0.39 is 0 Å². The number of nitrogens with one attached hydrogen (secondary N) is 1. The molecule has 3 aromatic carbocycles. The molecule has 0 saturated heterocycles. The summed E-state index contributed by atoms with van der Waals surface area (Å²) in [4.78, 5) is 11.9. The lowest BCUT2D eigenvalue weighted by Crippen LogP contribution is -2.24. The van der Waals surface area contributed by atoms with Crippen molar-refractivity contribution in [1.29, 1.82) is 0 Å². The zero-order valence-corrected chi connectivity index (χ0v) is 18.8. The SMILES string of the molecule is CCOc1cc(/C=N\NC(=O)COc2ccc(Cl)cc2)ccc1OCc1ccc(C)cc1. The Hall–Kier alpha value is -3.51. The Morgan fingerprint density at radius 2 is 1.72 bits per heavy atom. The number of rotatable bonds is 10. The van der Waals surface area contributed by atoms with E-state index in [4.69, 9.17) is 25.8 Å². The quantitative estimate of drug-likeness (QED) is 0.341. The van der Waals surface area contributed by atoms with Crippen molar-refractivity contribution in [2.75, 3.05) is 13.2 Å². The average molecular weight is 453 g/mol. The molecule has 3 aromatic rings. The van der Waals surface area contributed by atoms with Gasteiger partial charge in [0.15, 0.2) is 18.1 Å². The molecule has 0 bridgehead atoms. The standard InChI is InChI=1S/C25H25ClN2O4/c1-3-30-24-14-20(8-13-23(24)32-16-19-6-4-18(2)5-7-19)15-27-28-25(29)17-31-22-11-9-21(26)10-12-22/h4-15H,3,16-17H2,1-2H3,(H,28,29)/b27-15-. The average Bonchev–Trinajstić information content (AvgIpc) is 2.79. The lowest BCUT2D eigenvalue weighted by molar-refractivity contribution is -0.123. The summed E-state index contributed by atoms with van der Waals surface area (Å²) in [5.41, 5.74) is 5.48. The Kier molecular flexibility index (Phi) is 8.52. The minimum atomic E-state index is -0.376. The van der Waals surface area contributed by atoms with E-state index in [-0.39, 0.29) is 12.5 Å². The molecule has 6 nitrogen and oxygen atoms in total. The van der Waals surface area contributed by atoms with Crippen LogP contribution in [0, 0.1) is 6.92 Å². The molecule has 0 radical (unpaired) electrons. The second-order valence-electron chi connectivity index (χ2n) is 6.95. The topological polar surface area (TPSA) is 69.2 Å². The van der Waals surface area contributed by atoms with Gasteiger partial charge >= 0.3 is 0 Å². The van der Waals surface area contributed by atoms with E-state index in [2.05, 4.69) is 22.7 Å². The molecule has 1 N–H and O–H groups in total. The first-order valence-electron chi connectivity index (χ1n) is 10.2. The van der Waals surface area contributed by atoms with Gasteiger partial charge < -0.3 is 14.2 Å². The molecule has 0 unspecified atom stereocenters. The molecule has 3 rings (SSSR count). The highest BCUT2D eigenvalue weighted by Gasteiger charge is 2.07. The number of ether oxygens (including phenoxy) is 3. The van der Waals surface area contributed by atoms with Crippen molar-refractivity contribution in [1.82, 2.24) is 5.43 Å². The summed E-state index contributed by atoms with van der Waals surface area (Å²) in [5.74, 6) is 1.43. The first-order valence-corrected chi connectivity index (χ1v) is 10.6. The maximum absolute atomic E-state index is 11.9. The summed E-state index contributed by atoms with van der Waals surface area (Å²) in [5, 5.41) is 4.58. The first-order chi connectivity index (χ1) is 15.5. The molecule has 0 spiro atoms. The zero-order valence-electron chi connectivity index (χ0n) is 18.0. The van der Waals surface area contributed by atoms with Gasteiger partial charge in [-0.25, -0.2) is 5.43 Å². The van der Waals surface area contributed by atoms with Gasteiger partial charge in [0.2, 0.25) is 0 Å². The zero-order chi connectivity index (χ0) is 22.8. The fourth-order valence-corrected chi connectivity index (χ4v) is 2.85. The van der Waals surface area contributed by atoms with Crippen LogP contribution in [0.4, 0.5) is 0 Å². The summed E-state index contributed by atoms with van der Waals surface area (Å²) in [7, 11) is 0. The Bertz CT molecular complexity index is 1050. The number of carbonyl (C=O) groups excluding carboxylic acids is 1. The van der Waals surface area contributed by atoms with Gasteiger partial charge in [-0.2, -0.15) is 5.10 Å². The van der Waals surface area contributed by atoms with E-state index in [1.165, 1.54) is 11.8 Å². The Morgan fingerprint density at radius 3 is 2.44 bits per heavy atom. The summed E-state index contributed by atoms with van der Waals surface area (Å²) < 4.78 is 17.0. The molecule has 7 heteroatoms. The van der Waals surface area contributed by atoms with Crippen LogP contribution in [0.1, 0.15) is 23.6 Å². The maximum Gasteiger partial charge on any atom is 0.277 e. The van der Waals surface area contributed by atoms with Gasteiger partial charge in [-0.1, -0.05) is 41.4 Å². The molecule has 0 atom stereocenters. The number of halogens is 1. The van der Waals surface area contributed by atoms with Crippen LogP contribution in [0.3, 0.4) is 0 Å². The number of carbonyl (C=O) groups is 1. The molecule has 166 valence electrons. The van der Waals surface area contributed by atoms with Crippen molar-refractivity contribution in [3.05, 3.63) is 88.4 Å². The number of benzene rings is 3. The Labute approximate surface area is 192 Å². The van der Waals surface area contributed by atoms with Crippen LogP contribution in [0.2, 0.25) is 5.02 Å². The summed E-state index contributed by atoms with van der Waals surface area (Å²) in [6.07, 6.45) is 1.53. The molecule has 1 amide bonds. The van der Waals surface area contributed by atoms with E-state index in [9.17, 15) is 4.79 Å². The van der Waals surface area contributed by atoms with Crippen LogP contribution in [-0.2, 0) is 11.4 Å². The maximum atomic E-state index is 11.9. The largest absolute Gasteiger partial charge is 0.490 e. The molecule has 0 fully saturated rings. The van der Waals surface area contributed by atoms with Crippen molar-refractivity contribution in [2.45, 2.75) is 20.5 Å². The van der Waals surface area contributed by atoms with Gasteiger partial charge in [-0.15, -0.1) is 0 Å². The Morgan fingerprint density at radius 1 is 0.969 bits per heavy atom. The van der Waals surface area contributed by atoms with Gasteiger partial charge in [-0.3, -0.25) is 4.79 Å². The van der Waals surface area contributed by atoms with Crippen LogP contribution in [0.5, 0.6) is 17.2 Å². The van der Waals surface area contributed by atoms with E-state index in [1.54, 1.807) is 24.3 Å². The highest BCUT2D eigenvalue weighted by atomic mass is 35.5. The number of aryl methyl sites for hydroxylation is 1. The lowest BCUT2D eigenvalue weighted by atomic mass is 10.2. The minimum Gasteiger partial charge on any atom is -0.490 e. The number of nitrogens with zero attached hydrogens (tertiary/aromatic N) is 1. The summed E-state index contributed by atoms with van der Waals surface area (Å²) >= 11 is 5.82. The third kappa shape index (κ3) is 7.32. The predicted octanol–water partition coefficient (Wildman–Crippen LogP) is 5.16. The molecular weight excluding hydrogens is 428 g/mol. The second-order valence-corrected chi connectivity index (χ2v) is 7.39. The normalized spacial score (nSPS) is 10.7. The van der Waals surface area contributed by atoms with Crippen molar-refractivity contribution in [3.8, 4) is 17.2 Å². The molecule has 0 aliphatic carbocycles.